The lowest BCUT2D eigenvalue weighted by atomic mass is 9.84. The van der Waals surface area contributed by atoms with Crippen LogP contribution in [0.4, 0.5) is 22.7 Å². The third kappa shape index (κ3) is 5.87. The summed E-state index contributed by atoms with van der Waals surface area (Å²) in [5.41, 5.74) is 30.3. The maximum Gasteiger partial charge on any atom is 0.264 e. The molecule has 0 aliphatic carbocycles. The molecule has 4 heterocycles. The highest BCUT2D eigenvalue weighted by molar-refractivity contribution is 6.45. The van der Waals surface area contributed by atoms with E-state index in [0.29, 0.717) is 155 Å². The van der Waals surface area contributed by atoms with Crippen LogP contribution >= 0.6 is 0 Å². The number of para-hydroxylation sites is 4. The van der Waals surface area contributed by atoms with Crippen LogP contribution in [0.1, 0.15) is 0 Å². The van der Waals surface area contributed by atoms with E-state index in [2.05, 4.69) is 0 Å². The highest BCUT2D eigenvalue weighted by Crippen LogP contribution is 2.57. The fourth-order valence-corrected chi connectivity index (χ4v) is 11.1. The normalized spacial score (nSPS) is 12.1. The number of nitrogens with zero attached hydrogens (tertiary/aromatic N) is 4. The van der Waals surface area contributed by atoms with Crippen LogP contribution in [-0.4, -0.2) is 18.8 Å². The molecule has 74 heavy (non-hydrogen) atoms. The van der Waals surface area contributed by atoms with E-state index in [1.165, 1.54) is 0 Å². The molecule has 15 rings (SSSR count). The summed E-state index contributed by atoms with van der Waals surface area (Å²) in [7, 11) is 0. The zero-order valence-corrected chi connectivity index (χ0v) is 38.7. The average Bonchev–Trinajstić information content (AvgIpc) is 3.99. The Balaban J connectivity index is 1.26. The second-order valence-electron chi connectivity index (χ2n) is 18.5. The SMILES string of the molecule is Nc1cccc(Oc2cc3c(=O)n4c5ccccc5nc4c4cc(Oc5cccc(N)c5)c5c6c(Oc7cccc(N)c7)cc7c8c(cc(Oc9cccc(N)c9)c(c2c5c34)c68)c(=O)n2c3ccccc3nc72)c1. The molecule has 15 aromatic rings. The van der Waals surface area contributed by atoms with Crippen molar-refractivity contribution in [3.05, 3.63) is 191 Å². The number of benzene rings is 11. The van der Waals surface area contributed by atoms with Crippen molar-refractivity contribution in [1.29, 1.82) is 0 Å². The summed E-state index contributed by atoms with van der Waals surface area (Å²) in [6.07, 6.45) is 0. The van der Waals surface area contributed by atoms with Gasteiger partial charge in [-0.2, -0.15) is 0 Å². The Bertz CT molecular complexity index is 4700. The van der Waals surface area contributed by atoms with Gasteiger partial charge in [0, 0.05) is 101 Å². The number of rotatable bonds is 8. The van der Waals surface area contributed by atoms with Crippen molar-refractivity contribution in [2.75, 3.05) is 22.9 Å². The monoisotopic (exact) mass is 964 g/mol. The Hall–Kier alpha value is -10.6. The van der Waals surface area contributed by atoms with Gasteiger partial charge >= 0.3 is 0 Å². The van der Waals surface area contributed by atoms with Crippen LogP contribution in [0.25, 0.3) is 98.0 Å². The van der Waals surface area contributed by atoms with Gasteiger partial charge in [0.1, 0.15) is 57.3 Å². The topological polar surface area (TPSA) is 210 Å². The lowest BCUT2D eigenvalue weighted by Gasteiger charge is -2.25. The van der Waals surface area contributed by atoms with E-state index in [1.807, 2.05) is 84.9 Å². The Morgan fingerprint density at radius 1 is 0.324 bits per heavy atom. The van der Waals surface area contributed by atoms with Crippen LogP contribution in [0.5, 0.6) is 46.0 Å². The molecule has 0 aliphatic rings. The lowest BCUT2D eigenvalue weighted by Crippen LogP contribution is -2.15. The minimum absolute atomic E-state index is 0.282. The average molecular weight is 965 g/mol. The maximum absolute atomic E-state index is 15.5. The Labute approximate surface area is 416 Å². The summed E-state index contributed by atoms with van der Waals surface area (Å²) in [6, 6.07) is 50.8. The molecule has 0 spiro atoms. The number of ether oxygens (including phenoxy) is 4. The number of hydrogen-bond acceptors (Lipinski definition) is 12. The second kappa shape index (κ2) is 15.0. The van der Waals surface area contributed by atoms with Crippen molar-refractivity contribution in [3.8, 4) is 46.0 Å². The minimum Gasteiger partial charge on any atom is -0.457 e. The van der Waals surface area contributed by atoms with E-state index in [1.54, 1.807) is 93.7 Å². The Kier molecular flexibility index (Phi) is 8.33. The zero-order valence-electron chi connectivity index (χ0n) is 38.7. The molecule has 11 aromatic carbocycles. The number of imidazole rings is 2. The van der Waals surface area contributed by atoms with Crippen molar-refractivity contribution in [3.63, 3.8) is 0 Å². The van der Waals surface area contributed by atoms with Gasteiger partial charge < -0.3 is 41.9 Å². The third-order valence-corrected chi connectivity index (χ3v) is 14.0. The fourth-order valence-electron chi connectivity index (χ4n) is 11.1. The summed E-state index contributed by atoms with van der Waals surface area (Å²) in [5.74, 6) is 2.95. The van der Waals surface area contributed by atoms with E-state index < -0.39 is 0 Å². The number of aromatic nitrogens is 4. The van der Waals surface area contributed by atoms with Crippen LogP contribution in [-0.2, 0) is 0 Å². The van der Waals surface area contributed by atoms with Gasteiger partial charge in [-0.3, -0.25) is 18.4 Å². The van der Waals surface area contributed by atoms with E-state index in [0.717, 1.165) is 0 Å². The van der Waals surface area contributed by atoms with Crippen LogP contribution in [0.2, 0.25) is 0 Å². The predicted octanol–water partition coefficient (Wildman–Crippen LogP) is 12.7. The van der Waals surface area contributed by atoms with Crippen LogP contribution in [0.3, 0.4) is 0 Å². The first-order chi connectivity index (χ1) is 36.1. The fraction of sp³-hybridized carbons (Fsp3) is 0. The molecule has 0 saturated heterocycles. The van der Waals surface area contributed by atoms with E-state index in [4.69, 9.17) is 51.9 Å². The van der Waals surface area contributed by atoms with Crippen molar-refractivity contribution < 1.29 is 18.9 Å². The number of hydrogen-bond donors (Lipinski definition) is 4. The molecule has 0 radical (unpaired) electrons. The molecule has 0 fully saturated rings. The molecule has 14 heteroatoms. The standard InChI is InChI=1S/C60H36N8O6/c61-29-9-5-13-33(21-29)71-45-25-37-49-39(59(69)67-43-19-3-1-17-41(43)65-57(37)67)27-47(73-35-15-7-11-31(63)23-35)53-54-48(74-36-16-8-12-32(64)24-36)28-40-50-38(58-66-42-18-2-4-20-44(42)68(58)60(40)70)26-46(52(56(50)54)51(45)55(49)53)72-34-14-6-10-30(62)22-34/h1-28H,61-64H2. The number of pyridine rings is 2. The summed E-state index contributed by atoms with van der Waals surface area (Å²) in [6.45, 7) is 0. The third-order valence-electron chi connectivity index (χ3n) is 14.0. The van der Waals surface area contributed by atoms with Crippen LogP contribution in [0.15, 0.2) is 179 Å². The van der Waals surface area contributed by atoms with Gasteiger partial charge in [-0.25, -0.2) is 9.97 Å². The zero-order chi connectivity index (χ0) is 49.7. The first kappa shape index (κ1) is 41.2. The van der Waals surface area contributed by atoms with Gasteiger partial charge in [0.15, 0.2) is 0 Å². The van der Waals surface area contributed by atoms with Gasteiger partial charge in [0.05, 0.1) is 32.8 Å². The highest BCUT2D eigenvalue weighted by atomic mass is 16.5. The molecule has 4 aromatic heterocycles. The quantitative estimate of drug-likeness (QED) is 0.0637. The van der Waals surface area contributed by atoms with Crippen LogP contribution < -0.4 is 53.0 Å². The molecule has 0 unspecified atom stereocenters. The number of nitrogen functional groups attached to an aromatic ring is 4. The Morgan fingerprint density at radius 2 is 0.635 bits per heavy atom. The number of fused-ring (bicyclic) bond motifs is 10. The molecule has 0 saturated carbocycles. The van der Waals surface area contributed by atoms with E-state index in [9.17, 15) is 0 Å². The number of anilines is 4. The summed E-state index contributed by atoms with van der Waals surface area (Å²) >= 11 is 0. The molecule has 0 atom stereocenters. The minimum atomic E-state index is -0.325. The number of nitrogens with two attached hydrogens (primary N) is 4. The molecular weight excluding hydrogens is 929 g/mol. The summed E-state index contributed by atoms with van der Waals surface area (Å²) < 4.78 is 31.7. The van der Waals surface area contributed by atoms with Crippen molar-refractivity contribution in [1.82, 2.24) is 18.8 Å². The largest absolute Gasteiger partial charge is 0.457 e. The van der Waals surface area contributed by atoms with Gasteiger partial charge in [0.25, 0.3) is 11.1 Å². The maximum atomic E-state index is 15.5. The van der Waals surface area contributed by atoms with E-state index in [-0.39, 0.29) is 22.6 Å². The Morgan fingerprint density at radius 3 is 0.959 bits per heavy atom. The molecule has 0 amide bonds. The summed E-state index contributed by atoms with van der Waals surface area (Å²) in [5, 5.41) is 6.24. The van der Waals surface area contributed by atoms with E-state index >= 15 is 9.59 Å². The lowest BCUT2D eigenvalue weighted by molar-refractivity contribution is 0.484. The second-order valence-corrected chi connectivity index (χ2v) is 18.5. The molecule has 14 nitrogen and oxygen atoms in total. The van der Waals surface area contributed by atoms with Crippen molar-refractivity contribution in [2.24, 2.45) is 0 Å². The highest BCUT2D eigenvalue weighted by Gasteiger charge is 2.33. The predicted molar refractivity (Wildman–Crippen MR) is 294 cm³/mol. The van der Waals surface area contributed by atoms with Crippen molar-refractivity contribution in [2.45, 2.75) is 0 Å². The first-order valence-electron chi connectivity index (χ1n) is 23.7. The van der Waals surface area contributed by atoms with Gasteiger partial charge in [-0.15, -0.1) is 0 Å². The smallest absolute Gasteiger partial charge is 0.264 e. The van der Waals surface area contributed by atoms with Gasteiger partial charge in [-0.1, -0.05) is 48.5 Å². The summed E-state index contributed by atoms with van der Waals surface area (Å²) in [4.78, 5) is 41.3. The molecule has 352 valence electrons. The first-order valence-corrected chi connectivity index (χ1v) is 23.7. The molecular formula is C60H36N8O6. The van der Waals surface area contributed by atoms with Crippen molar-refractivity contribution >= 4 is 121 Å². The molecule has 0 bridgehead atoms. The van der Waals surface area contributed by atoms with Crippen LogP contribution in [0, 0.1) is 0 Å². The van der Waals surface area contributed by atoms with Gasteiger partial charge in [0.2, 0.25) is 0 Å². The van der Waals surface area contributed by atoms with Gasteiger partial charge in [-0.05, 0) is 97.1 Å². The molecule has 8 N–H and O–H groups in total. The molecule has 0 aliphatic heterocycles.